The predicted octanol–water partition coefficient (Wildman–Crippen LogP) is 0.325. The quantitative estimate of drug-likeness (QED) is 0.571. The number of carbonyl (C=O) groups is 1. The number of aliphatic hydroxyl groups is 2. The maximum Gasteiger partial charge on any atom is 0.354 e. The Morgan fingerprint density at radius 1 is 1.47 bits per heavy atom. The van der Waals surface area contributed by atoms with E-state index < -0.39 is 11.5 Å². The number of aliphatic hydroxyl groups excluding tert-OH is 2. The van der Waals surface area contributed by atoms with Gasteiger partial charge in [0.1, 0.15) is 5.69 Å². The van der Waals surface area contributed by atoms with Gasteiger partial charge in [-0.15, -0.1) is 0 Å². The van der Waals surface area contributed by atoms with Gasteiger partial charge in [0.15, 0.2) is 0 Å². The Kier molecular flexibility index (Phi) is 4.42. The average molecular weight is 240 g/mol. The Morgan fingerprint density at radius 2 is 2.12 bits per heavy atom. The zero-order valence-electron chi connectivity index (χ0n) is 9.55. The Labute approximate surface area is 98.9 Å². The van der Waals surface area contributed by atoms with Crippen LogP contribution in [0.1, 0.15) is 23.8 Å². The van der Waals surface area contributed by atoms with Crippen molar-refractivity contribution in [3.63, 3.8) is 0 Å². The summed E-state index contributed by atoms with van der Waals surface area (Å²) in [4.78, 5) is 14.4. The lowest BCUT2D eigenvalue weighted by molar-refractivity contribution is 0.0690. The highest BCUT2D eigenvalue weighted by Gasteiger charge is 2.26. The molecule has 6 heteroatoms. The van der Waals surface area contributed by atoms with Gasteiger partial charge < -0.3 is 20.6 Å². The second-order valence-electron chi connectivity index (χ2n) is 3.81. The standard InChI is InChI=1S/C11H16N2O4/c1-2-11(6-14,7-15)13-8-3-4-12-9(5-8)10(16)17/h3-5,14-15H,2,6-7H2,1H3,(H,12,13)(H,16,17). The van der Waals surface area contributed by atoms with Crippen LogP contribution in [0, 0.1) is 0 Å². The Morgan fingerprint density at radius 3 is 2.59 bits per heavy atom. The summed E-state index contributed by atoms with van der Waals surface area (Å²) in [5, 5.41) is 30.2. The third-order valence-corrected chi connectivity index (χ3v) is 2.67. The van der Waals surface area contributed by atoms with Crippen LogP contribution in [0.25, 0.3) is 0 Å². The van der Waals surface area contributed by atoms with Crippen molar-refractivity contribution < 1.29 is 20.1 Å². The molecule has 0 spiro atoms. The molecule has 1 aromatic rings. The zero-order chi connectivity index (χ0) is 12.9. The van der Waals surface area contributed by atoms with Crippen molar-refractivity contribution >= 4 is 11.7 Å². The van der Waals surface area contributed by atoms with Crippen molar-refractivity contribution in [2.75, 3.05) is 18.5 Å². The van der Waals surface area contributed by atoms with Crippen LogP contribution in [0.3, 0.4) is 0 Å². The molecule has 1 aromatic heterocycles. The van der Waals surface area contributed by atoms with Crippen LogP contribution in [0.5, 0.6) is 0 Å². The summed E-state index contributed by atoms with van der Waals surface area (Å²) >= 11 is 0. The van der Waals surface area contributed by atoms with Crippen LogP contribution in [0.2, 0.25) is 0 Å². The van der Waals surface area contributed by atoms with Crippen molar-refractivity contribution in [1.82, 2.24) is 4.98 Å². The van der Waals surface area contributed by atoms with Gasteiger partial charge in [-0.2, -0.15) is 0 Å². The van der Waals surface area contributed by atoms with E-state index in [-0.39, 0.29) is 18.9 Å². The minimum Gasteiger partial charge on any atom is -0.477 e. The highest BCUT2D eigenvalue weighted by atomic mass is 16.4. The first-order chi connectivity index (χ1) is 8.06. The van der Waals surface area contributed by atoms with Gasteiger partial charge in [0.2, 0.25) is 0 Å². The fourth-order valence-corrected chi connectivity index (χ4v) is 1.37. The highest BCUT2D eigenvalue weighted by molar-refractivity contribution is 5.86. The lowest BCUT2D eigenvalue weighted by Gasteiger charge is -2.30. The molecule has 0 unspecified atom stereocenters. The maximum absolute atomic E-state index is 10.7. The predicted molar refractivity (Wildman–Crippen MR) is 62.0 cm³/mol. The molecule has 0 atom stereocenters. The molecule has 6 nitrogen and oxygen atoms in total. The van der Waals surface area contributed by atoms with E-state index in [1.165, 1.54) is 12.3 Å². The summed E-state index contributed by atoms with van der Waals surface area (Å²) in [7, 11) is 0. The van der Waals surface area contributed by atoms with Gasteiger partial charge in [-0.3, -0.25) is 0 Å². The fraction of sp³-hybridized carbons (Fsp3) is 0.455. The monoisotopic (exact) mass is 240 g/mol. The zero-order valence-corrected chi connectivity index (χ0v) is 9.55. The number of carboxylic acids is 1. The molecule has 4 N–H and O–H groups in total. The number of nitrogens with one attached hydrogen (secondary N) is 1. The summed E-state index contributed by atoms with van der Waals surface area (Å²) in [6.45, 7) is 1.33. The highest BCUT2D eigenvalue weighted by Crippen LogP contribution is 2.18. The van der Waals surface area contributed by atoms with Crippen LogP contribution in [0.4, 0.5) is 5.69 Å². The smallest absolute Gasteiger partial charge is 0.354 e. The number of hydrogen-bond acceptors (Lipinski definition) is 5. The minimum absolute atomic E-state index is 0.0871. The van der Waals surface area contributed by atoms with Crippen LogP contribution >= 0.6 is 0 Å². The summed E-state index contributed by atoms with van der Waals surface area (Å²) in [5.74, 6) is -1.12. The second-order valence-corrected chi connectivity index (χ2v) is 3.81. The van der Waals surface area contributed by atoms with Crippen molar-refractivity contribution in [2.45, 2.75) is 18.9 Å². The summed E-state index contributed by atoms with van der Waals surface area (Å²) < 4.78 is 0. The molecule has 94 valence electrons. The van der Waals surface area contributed by atoms with Crippen LogP contribution in [0.15, 0.2) is 18.3 Å². The molecule has 0 saturated heterocycles. The molecular weight excluding hydrogens is 224 g/mol. The van der Waals surface area contributed by atoms with Crippen LogP contribution in [-0.4, -0.2) is 45.0 Å². The first kappa shape index (κ1) is 13.4. The number of aromatic nitrogens is 1. The summed E-state index contributed by atoms with van der Waals surface area (Å²) in [6.07, 6.45) is 1.87. The van der Waals surface area contributed by atoms with Crippen molar-refractivity contribution in [1.29, 1.82) is 0 Å². The molecule has 0 aromatic carbocycles. The first-order valence-electron chi connectivity index (χ1n) is 5.26. The number of nitrogens with zero attached hydrogens (tertiary/aromatic N) is 1. The van der Waals surface area contributed by atoms with E-state index in [0.29, 0.717) is 12.1 Å². The van der Waals surface area contributed by atoms with Crippen molar-refractivity contribution in [3.8, 4) is 0 Å². The number of carboxylic acid groups (broad SMARTS) is 1. The van der Waals surface area contributed by atoms with E-state index >= 15 is 0 Å². The molecule has 1 heterocycles. The normalized spacial score (nSPS) is 11.2. The van der Waals surface area contributed by atoms with Gasteiger partial charge in [-0.1, -0.05) is 6.92 Å². The van der Waals surface area contributed by atoms with E-state index in [9.17, 15) is 15.0 Å². The van der Waals surface area contributed by atoms with E-state index in [0.717, 1.165) is 0 Å². The molecule has 17 heavy (non-hydrogen) atoms. The lowest BCUT2D eigenvalue weighted by atomic mass is 9.98. The van der Waals surface area contributed by atoms with E-state index in [1.54, 1.807) is 6.07 Å². The van der Waals surface area contributed by atoms with Gasteiger partial charge >= 0.3 is 5.97 Å². The average Bonchev–Trinajstić information content (AvgIpc) is 2.36. The van der Waals surface area contributed by atoms with Crippen molar-refractivity contribution in [3.05, 3.63) is 24.0 Å². The van der Waals surface area contributed by atoms with Gasteiger partial charge in [-0.25, -0.2) is 9.78 Å². The van der Waals surface area contributed by atoms with E-state index in [4.69, 9.17) is 5.11 Å². The molecule has 0 fully saturated rings. The maximum atomic E-state index is 10.7. The Hall–Kier alpha value is -1.66. The van der Waals surface area contributed by atoms with Gasteiger partial charge in [0.25, 0.3) is 0 Å². The van der Waals surface area contributed by atoms with Crippen LogP contribution < -0.4 is 5.32 Å². The van der Waals surface area contributed by atoms with E-state index in [1.807, 2.05) is 6.92 Å². The second kappa shape index (κ2) is 5.60. The molecule has 0 bridgehead atoms. The first-order valence-corrected chi connectivity index (χ1v) is 5.26. The third kappa shape index (κ3) is 3.15. The molecule has 0 saturated carbocycles. The molecular formula is C11H16N2O4. The number of rotatable bonds is 6. The Bertz CT molecular complexity index is 383. The number of anilines is 1. The summed E-state index contributed by atoms with van der Waals surface area (Å²) in [5.41, 5.74) is -0.435. The number of aromatic carboxylic acids is 1. The number of pyridine rings is 1. The van der Waals surface area contributed by atoms with Gasteiger partial charge in [0.05, 0.1) is 18.8 Å². The minimum atomic E-state index is -1.12. The summed E-state index contributed by atoms with van der Waals surface area (Å²) in [6, 6.07) is 2.94. The third-order valence-electron chi connectivity index (χ3n) is 2.67. The molecule has 0 radical (unpaired) electrons. The molecule has 0 aliphatic carbocycles. The van der Waals surface area contributed by atoms with Crippen molar-refractivity contribution in [2.24, 2.45) is 0 Å². The number of hydrogen-bond donors (Lipinski definition) is 4. The topological polar surface area (TPSA) is 103 Å². The molecule has 0 aliphatic heterocycles. The largest absolute Gasteiger partial charge is 0.477 e. The fourth-order valence-electron chi connectivity index (χ4n) is 1.37. The van der Waals surface area contributed by atoms with Gasteiger partial charge in [0, 0.05) is 11.9 Å². The molecule has 1 rings (SSSR count). The molecule has 0 aliphatic rings. The molecule has 0 amide bonds. The SMILES string of the molecule is CCC(CO)(CO)Nc1ccnc(C(=O)O)c1. The van der Waals surface area contributed by atoms with Gasteiger partial charge in [-0.05, 0) is 18.6 Å². The van der Waals surface area contributed by atoms with Crippen LogP contribution in [-0.2, 0) is 0 Å². The Balaban J connectivity index is 2.93. The lowest BCUT2D eigenvalue weighted by Crippen LogP contribution is -2.45. The van der Waals surface area contributed by atoms with E-state index in [2.05, 4.69) is 10.3 Å².